The summed E-state index contributed by atoms with van der Waals surface area (Å²) in [5.41, 5.74) is 3.70. The van der Waals surface area contributed by atoms with Crippen molar-refractivity contribution in [1.82, 2.24) is 4.90 Å². The van der Waals surface area contributed by atoms with Gasteiger partial charge >= 0.3 is 0 Å². The largest absolute Gasteiger partial charge is 0.497 e. The number of benzene rings is 3. The molecule has 0 aliphatic heterocycles. The van der Waals surface area contributed by atoms with E-state index in [0.717, 1.165) is 22.4 Å². The molecule has 3 aromatic rings. The molecule has 0 saturated carbocycles. The predicted octanol–water partition coefficient (Wildman–Crippen LogP) is 4.82. The SMILES string of the molecule is COc1cccc(CN(C)[C@@H](C(=O)Nc2cc(C)ccc2OC)c2ccccc2)c1. The van der Waals surface area contributed by atoms with Gasteiger partial charge in [-0.25, -0.2) is 0 Å². The fourth-order valence-electron chi connectivity index (χ4n) is 3.51. The van der Waals surface area contributed by atoms with Gasteiger partial charge in [0.2, 0.25) is 5.91 Å². The molecule has 156 valence electrons. The molecule has 0 heterocycles. The third-order valence-corrected chi connectivity index (χ3v) is 4.98. The van der Waals surface area contributed by atoms with E-state index in [9.17, 15) is 4.79 Å². The van der Waals surface area contributed by atoms with E-state index in [1.807, 2.05) is 91.7 Å². The summed E-state index contributed by atoms with van der Waals surface area (Å²) in [5, 5.41) is 3.06. The fourth-order valence-corrected chi connectivity index (χ4v) is 3.51. The second-order valence-corrected chi connectivity index (χ2v) is 7.27. The van der Waals surface area contributed by atoms with E-state index in [2.05, 4.69) is 5.32 Å². The summed E-state index contributed by atoms with van der Waals surface area (Å²) in [6.07, 6.45) is 0. The molecule has 0 fully saturated rings. The third-order valence-electron chi connectivity index (χ3n) is 4.98. The van der Waals surface area contributed by atoms with Gasteiger partial charge in [0.1, 0.15) is 17.5 Å². The number of amides is 1. The van der Waals surface area contributed by atoms with Crippen LogP contribution < -0.4 is 14.8 Å². The van der Waals surface area contributed by atoms with Crippen LogP contribution in [0.4, 0.5) is 5.69 Å². The van der Waals surface area contributed by atoms with Crippen molar-refractivity contribution in [3.05, 3.63) is 89.5 Å². The van der Waals surface area contributed by atoms with Crippen LogP contribution in [-0.2, 0) is 11.3 Å². The van der Waals surface area contributed by atoms with Crippen molar-refractivity contribution in [1.29, 1.82) is 0 Å². The van der Waals surface area contributed by atoms with Crippen molar-refractivity contribution < 1.29 is 14.3 Å². The van der Waals surface area contributed by atoms with Gasteiger partial charge in [0.05, 0.1) is 19.9 Å². The zero-order valence-corrected chi connectivity index (χ0v) is 17.9. The van der Waals surface area contributed by atoms with Crippen molar-refractivity contribution in [3.63, 3.8) is 0 Å². The molecule has 30 heavy (non-hydrogen) atoms. The third kappa shape index (κ3) is 5.19. The number of likely N-dealkylation sites (N-methyl/N-ethyl adjacent to an activating group) is 1. The maximum Gasteiger partial charge on any atom is 0.246 e. The van der Waals surface area contributed by atoms with E-state index in [0.29, 0.717) is 18.0 Å². The van der Waals surface area contributed by atoms with Gasteiger partial charge in [-0.1, -0.05) is 48.5 Å². The molecule has 5 nitrogen and oxygen atoms in total. The molecule has 0 radical (unpaired) electrons. The minimum atomic E-state index is -0.470. The number of rotatable bonds is 8. The Labute approximate surface area is 178 Å². The van der Waals surface area contributed by atoms with Gasteiger partial charge in [-0.2, -0.15) is 0 Å². The van der Waals surface area contributed by atoms with Crippen molar-refractivity contribution in [2.75, 3.05) is 26.6 Å². The number of carbonyl (C=O) groups excluding carboxylic acids is 1. The Morgan fingerprint density at radius 1 is 0.967 bits per heavy atom. The first kappa shape index (κ1) is 21.4. The molecule has 0 spiro atoms. The highest BCUT2D eigenvalue weighted by Crippen LogP contribution is 2.29. The van der Waals surface area contributed by atoms with Crippen LogP contribution >= 0.6 is 0 Å². The molecule has 0 saturated heterocycles. The Kier molecular flexibility index (Phi) is 7.09. The van der Waals surface area contributed by atoms with Gasteiger partial charge in [0.25, 0.3) is 0 Å². The minimum absolute atomic E-state index is 0.115. The molecule has 3 aromatic carbocycles. The highest BCUT2D eigenvalue weighted by Gasteiger charge is 2.26. The molecule has 1 atom stereocenters. The smallest absolute Gasteiger partial charge is 0.246 e. The molecule has 1 N–H and O–H groups in total. The number of methoxy groups -OCH3 is 2. The van der Waals surface area contributed by atoms with Crippen LogP contribution in [0.15, 0.2) is 72.8 Å². The summed E-state index contributed by atoms with van der Waals surface area (Å²) in [4.78, 5) is 15.4. The van der Waals surface area contributed by atoms with E-state index >= 15 is 0 Å². The molecule has 0 aliphatic carbocycles. The lowest BCUT2D eigenvalue weighted by molar-refractivity contribution is -0.121. The normalized spacial score (nSPS) is 11.8. The highest BCUT2D eigenvalue weighted by molar-refractivity contribution is 5.96. The van der Waals surface area contributed by atoms with Gasteiger partial charge in [0.15, 0.2) is 0 Å². The van der Waals surface area contributed by atoms with Crippen LogP contribution in [0.5, 0.6) is 11.5 Å². The molecule has 1 amide bonds. The molecule has 0 unspecified atom stereocenters. The predicted molar refractivity (Wildman–Crippen MR) is 120 cm³/mol. The highest BCUT2D eigenvalue weighted by atomic mass is 16.5. The standard InChI is InChI=1S/C25H28N2O3/c1-18-13-14-23(30-4)22(15-18)26-25(28)24(20-10-6-5-7-11-20)27(2)17-19-9-8-12-21(16-19)29-3/h5-16,24H,17H2,1-4H3,(H,26,28)/t24-/m1/s1. The second-order valence-electron chi connectivity index (χ2n) is 7.27. The number of hydrogen-bond acceptors (Lipinski definition) is 4. The lowest BCUT2D eigenvalue weighted by atomic mass is 10.0. The Balaban J connectivity index is 1.89. The van der Waals surface area contributed by atoms with Crippen LogP contribution in [0, 0.1) is 6.92 Å². The van der Waals surface area contributed by atoms with E-state index in [-0.39, 0.29) is 5.91 Å². The number of carbonyl (C=O) groups is 1. The molecule has 0 aromatic heterocycles. The Morgan fingerprint density at radius 2 is 1.73 bits per heavy atom. The zero-order valence-electron chi connectivity index (χ0n) is 17.9. The summed E-state index contributed by atoms with van der Waals surface area (Å²) in [6.45, 7) is 2.58. The number of ether oxygens (including phenoxy) is 2. The first-order valence-corrected chi connectivity index (χ1v) is 9.85. The molecule has 0 bridgehead atoms. The molecular formula is C25H28N2O3. The summed E-state index contributed by atoms with van der Waals surface area (Å²) >= 11 is 0. The van der Waals surface area contributed by atoms with Gasteiger partial charge < -0.3 is 14.8 Å². The van der Waals surface area contributed by atoms with Gasteiger partial charge in [-0.05, 0) is 54.9 Å². The number of nitrogens with one attached hydrogen (secondary N) is 1. The van der Waals surface area contributed by atoms with Gasteiger partial charge in [-0.15, -0.1) is 0 Å². The topological polar surface area (TPSA) is 50.8 Å². The van der Waals surface area contributed by atoms with Crippen LogP contribution in [-0.4, -0.2) is 32.1 Å². The molecule has 3 rings (SSSR count). The first-order chi connectivity index (χ1) is 14.5. The van der Waals surface area contributed by atoms with Gasteiger partial charge in [0, 0.05) is 6.54 Å². The summed E-state index contributed by atoms with van der Waals surface area (Å²) in [6, 6.07) is 22.9. The van der Waals surface area contributed by atoms with Crippen molar-refractivity contribution >= 4 is 11.6 Å². The monoisotopic (exact) mass is 404 g/mol. The first-order valence-electron chi connectivity index (χ1n) is 9.85. The van der Waals surface area contributed by atoms with E-state index < -0.39 is 6.04 Å². The quantitative estimate of drug-likeness (QED) is 0.585. The van der Waals surface area contributed by atoms with Gasteiger partial charge in [-0.3, -0.25) is 9.69 Å². The lowest BCUT2D eigenvalue weighted by Gasteiger charge is -2.28. The zero-order chi connectivity index (χ0) is 21.5. The number of hydrogen-bond donors (Lipinski definition) is 1. The van der Waals surface area contributed by atoms with Crippen molar-refractivity contribution in [2.45, 2.75) is 19.5 Å². The van der Waals surface area contributed by atoms with Crippen molar-refractivity contribution in [2.24, 2.45) is 0 Å². The minimum Gasteiger partial charge on any atom is -0.497 e. The summed E-state index contributed by atoms with van der Waals surface area (Å²) in [5.74, 6) is 1.32. The van der Waals surface area contributed by atoms with E-state index in [1.165, 1.54) is 0 Å². The van der Waals surface area contributed by atoms with Crippen LogP contribution in [0.3, 0.4) is 0 Å². The fraction of sp³-hybridized carbons (Fsp3) is 0.240. The maximum atomic E-state index is 13.4. The molecule has 5 heteroatoms. The number of nitrogens with zero attached hydrogens (tertiary/aromatic N) is 1. The lowest BCUT2D eigenvalue weighted by Crippen LogP contribution is -2.34. The summed E-state index contributed by atoms with van der Waals surface area (Å²) < 4.78 is 10.8. The Morgan fingerprint density at radius 3 is 2.43 bits per heavy atom. The molecular weight excluding hydrogens is 376 g/mol. The number of aryl methyl sites for hydroxylation is 1. The Bertz CT molecular complexity index is 989. The molecule has 0 aliphatic rings. The van der Waals surface area contributed by atoms with Crippen molar-refractivity contribution in [3.8, 4) is 11.5 Å². The summed E-state index contributed by atoms with van der Waals surface area (Å²) in [7, 11) is 5.20. The van der Waals surface area contributed by atoms with Crippen LogP contribution in [0.2, 0.25) is 0 Å². The van der Waals surface area contributed by atoms with E-state index in [4.69, 9.17) is 9.47 Å². The second kappa shape index (κ2) is 9.94. The van der Waals surface area contributed by atoms with E-state index in [1.54, 1.807) is 14.2 Å². The Hall–Kier alpha value is -3.31. The average molecular weight is 405 g/mol. The number of anilines is 1. The average Bonchev–Trinajstić information content (AvgIpc) is 2.75. The van der Waals surface area contributed by atoms with Crippen LogP contribution in [0.1, 0.15) is 22.7 Å². The van der Waals surface area contributed by atoms with Crippen LogP contribution in [0.25, 0.3) is 0 Å². The maximum absolute atomic E-state index is 13.4.